The Labute approximate surface area is 146 Å². The van der Waals surface area contributed by atoms with Crippen LogP contribution in [-0.2, 0) is 0 Å². The summed E-state index contributed by atoms with van der Waals surface area (Å²) in [4.78, 5) is 17.2. The van der Waals surface area contributed by atoms with Crippen LogP contribution in [0.2, 0.25) is 0 Å². The molecule has 0 aliphatic carbocycles. The molecule has 0 spiro atoms. The zero-order chi connectivity index (χ0) is 17.5. The molecule has 134 valence electrons. The Morgan fingerprint density at radius 1 is 1.08 bits per heavy atom. The van der Waals surface area contributed by atoms with Crippen LogP contribution in [0, 0.1) is 11.8 Å². The van der Waals surface area contributed by atoms with E-state index in [0.717, 1.165) is 56.4 Å². The molecule has 0 saturated carbocycles. The van der Waals surface area contributed by atoms with Crippen LogP contribution < -0.4 is 4.74 Å². The van der Waals surface area contributed by atoms with E-state index in [2.05, 4.69) is 25.7 Å². The van der Waals surface area contributed by atoms with Crippen LogP contribution in [-0.4, -0.2) is 55.5 Å². The molecule has 24 heavy (non-hydrogen) atoms. The molecule has 1 aliphatic rings. The number of ether oxygens (including phenoxy) is 1. The molecule has 1 atom stereocenters. The summed E-state index contributed by atoms with van der Waals surface area (Å²) in [7, 11) is 1.64. The van der Waals surface area contributed by atoms with Gasteiger partial charge in [0.1, 0.15) is 5.75 Å². The molecule has 0 unspecified atom stereocenters. The van der Waals surface area contributed by atoms with Crippen molar-refractivity contribution < 1.29 is 9.53 Å². The molecule has 0 aromatic heterocycles. The fraction of sp³-hybridized carbons (Fsp3) is 0.650. The number of amides is 1. The lowest BCUT2D eigenvalue weighted by atomic mass is 9.98. The van der Waals surface area contributed by atoms with Crippen LogP contribution >= 0.6 is 0 Å². The molecule has 0 N–H and O–H groups in total. The number of carbonyl (C=O) groups is 1. The molecule has 1 aromatic rings. The molecule has 1 heterocycles. The maximum absolute atomic E-state index is 12.7. The predicted molar refractivity (Wildman–Crippen MR) is 98.6 cm³/mol. The Kier molecular flexibility index (Phi) is 7.10. The topological polar surface area (TPSA) is 32.8 Å². The zero-order valence-electron chi connectivity index (χ0n) is 15.6. The number of hydrogen-bond donors (Lipinski definition) is 0. The first-order valence-electron chi connectivity index (χ1n) is 9.15. The summed E-state index contributed by atoms with van der Waals surface area (Å²) >= 11 is 0. The fourth-order valence-electron chi connectivity index (χ4n) is 3.59. The van der Waals surface area contributed by atoms with Gasteiger partial charge in [-0.25, -0.2) is 0 Å². The average molecular weight is 332 g/mol. The molecule has 1 aliphatic heterocycles. The molecule has 1 amide bonds. The lowest BCUT2D eigenvalue weighted by Crippen LogP contribution is -2.36. The third kappa shape index (κ3) is 5.52. The van der Waals surface area contributed by atoms with Gasteiger partial charge in [0.2, 0.25) is 0 Å². The van der Waals surface area contributed by atoms with Gasteiger partial charge >= 0.3 is 0 Å². The molecule has 2 rings (SSSR count). The Hall–Kier alpha value is -1.55. The third-order valence-corrected chi connectivity index (χ3v) is 4.66. The lowest BCUT2D eigenvalue weighted by Gasteiger charge is -2.25. The van der Waals surface area contributed by atoms with Gasteiger partial charge in [-0.1, -0.05) is 20.8 Å². The molecular weight excluding hydrogens is 300 g/mol. The van der Waals surface area contributed by atoms with Gasteiger partial charge in [0.25, 0.3) is 5.91 Å². The van der Waals surface area contributed by atoms with E-state index in [4.69, 9.17) is 4.74 Å². The third-order valence-electron chi connectivity index (χ3n) is 4.66. The second-order valence-corrected chi connectivity index (χ2v) is 7.41. The number of methoxy groups -OCH3 is 1. The molecule has 1 fully saturated rings. The lowest BCUT2D eigenvalue weighted by molar-refractivity contribution is 0.0760. The van der Waals surface area contributed by atoms with Gasteiger partial charge in [0, 0.05) is 31.7 Å². The molecule has 4 heteroatoms. The van der Waals surface area contributed by atoms with Crippen LogP contribution in [0.5, 0.6) is 5.75 Å². The first-order chi connectivity index (χ1) is 11.5. The van der Waals surface area contributed by atoms with Crippen LogP contribution in [0.25, 0.3) is 0 Å². The molecule has 4 nitrogen and oxygen atoms in total. The first-order valence-corrected chi connectivity index (χ1v) is 9.15. The van der Waals surface area contributed by atoms with Crippen molar-refractivity contribution in [1.82, 2.24) is 9.80 Å². The number of rotatable bonds is 6. The van der Waals surface area contributed by atoms with E-state index in [9.17, 15) is 4.79 Å². The smallest absolute Gasteiger partial charge is 0.253 e. The highest BCUT2D eigenvalue weighted by Crippen LogP contribution is 2.16. The number of hydrogen-bond acceptors (Lipinski definition) is 3. The summed E-state index contributed by atoms with van der Waals surface area (Å²) in [6, 6.07) is 7.42. The molecular formula is C20H32N2O2. The average Bonchev–Trinajstić information content (AvgIpc) is 2.79. The maximum atomic E-state index is 12.7. The highest BCUT2D eigenvalue weighted by molar-refractivity contribution is 5.94. The highest BCUT2D eigenvalue weighted by Gasteiger charge is 2.21. The van der Waals surface area contributed by atoms with Crippen molar-refractivity contribution in [2.24, 2.45) is 11.8 Å². The largest absolute Gasteiger partial charge is 0.497 e. The Balaban J connectivity index is 1.88. The van der Waals surface area contributed by atoms with E-state index in [1.165, 1.54) is 6.42 Å². The summed E-state index contributed by atoms with van der Waals surface area (Å²) in [5.41, 5.74) is 0.748. The van der Waals surface area contributed by atoms with Gasteiger partial charge in [-0.15, -0.1) is 0 Å². The first kappa shape index (κ1) is 18.8. The SMILES string of the molecule is COc1ccc(C(=O)N2CCCN(C[C@@H](C)CC(C)C)CC2)cc1. The van der Waals surface area contributed by atoms with Gasteiger partial charge in [-0.05, 0) is 55.5 Å². The van der Waals surface area contributed by atoms with Crippen molar-refractivity contribution in [3.8, 4) is 5.75 Å². The summed E-state index contributed by atoms with van der Waals surface area (Å²) in [5.74, 6) is 2.39. The minimum Gasteiger partial charge on any atom is -0.497 e. The van der Waals surface area contributed by atoms with Gasteiger partial charge in [0.15, 0.2) is 0 Å². The zero-order valence-corrected chi connectivity index (χ0v) is 15.6. The number of carbonyl (C=O) groups excluding carboxylic acids is 1. The fourth-order valence-corrected chi connectivity index (χ4v) is 3.59. The molecule has 1 saturated heterocycles. The second-order valence-electron chi connectivity index (χ2n) is 7.41. The van der Waals surface area contributed by atoms with Crippen molar-refractivity contribution in [2.45, 2.75) is 33.6 Å². The minimum absolute atomic E-state index is 0.134. The highest BCUT2D eigenvalue weighted by atomic mass is 16.5. The van der Waals surface area contributed by atoms with Crippen LogP contribution in [0.4, 0.5) is 0 Å². The van der Waals surface area contributed by atoms with Crippen molar-refractivity contribution in [3.63, 3.8) is 0 Å². The summed E-state index contributed by atoms with van der Waals surface area (Å²) in [5, 5.41) is 0. The van der Waals surface area contributed by atoms with E-state index >= 15 is 0 Å². The molecule has 0 radical (unpaired) electrons. The van der Waals surface area contributed by atoms with Gasteiger partial charge < -0.3 is 14.5 Å². The second kappa shape index (κ2) is 9.07. The van der Waals surface area contributed by atoms with Crippen LogP contribution in [0.1, 0.15) is 44.0 Å². The Bertz CT molecular complexity index is 513. The van der Waals surface area contributed by atoms with Crippen molar-refractivity contribution in [3.05, 3.63) is 29.8 Å². The van der Waals surface area contributed by atoms with Gasteiger partial charge in [-0.2, -0.15) is 0 Å². The van der Waals surface area contributed by atoms with E-state index in [0.29, 0.717) is 5.92 Å². The van der Waals surface area contributed by atoms with E-state index < -0.39 is 0 Å². The maximum Gasteiger partial charge on any atom is 0.253 e. The van der Waals surface area contributed by atoms with Crippen molar-refractivity contribution in [1.29, 1.82) is 0 Å². The number of nitrogens with zero attached hydrogens (tertiary/aromatic N) is 2. The van der Waals surface area contributed by atoms with Gasteiger partial charge in [-0.3, -0.25) is 4.79 Å². The molecule has 0 bridgehead atoms. The normalized spacial score (nSPS) is 17.6. The molecule has 1 aromatic carbocycles. The summed E-state index contributed by atoms with van der Waals surface area (Å²) in [6.07, 6.45) is 2.32. The van der Waals surface area contributed by atoms with E-state index in [-0.39, 0.29) is 5.91 Å². The van der Waals surface area contributed by atoms with Crippen molar-refractivity contribution >= 4 is 5.91 Å². The Morgan fingerprint density at radius 2 is 1.79 bits per heavy atom. The van der Waals surface area contributed by atoms with E-state index in [1.807, 2.05) is 29.2 Å². The Morgan fingerprint density at radius 3 is 2.42 bits per heavy atom. The van der Waals surface area contributed by atoms with E-state index in [1.54, 1.807) is 7.11 Å². The standard InChI is InChI=1S/C20H32N2O2/c1-16(2)14-17(3)15-21-10-5-11-22(13-12-21)20(23)18-6-8-19(24-4)9-7-18/h6-9,16-17H,5,10-15H2,1-4H3/t17-/m0/s1. The van der Waals surface area contributed by atoms with Crippen molar-refractivity contribution in [2.75, 3.05) is 39.8 Å². The van der Waals surface area contributed by atoms with Gasteiger partial charge in [0.05, 0.1) is 7.11 Å². The quantitative estimate of drug-likeness (QED) is 0.799. The predicted octanol–water partition coefficient (Wildman–Crippen LogP) is 3.53. The summed E-state index contributed by atoms with van der Waals surface area (Å²) in [6.45, 7) is 11.8. The number of benzene rings is 1. The van der Waals surface area contributed by atoms with Crippen LogP contribution in [0.15, 0.2) is 24.3 Å². The summed E-state index contributed by atoms with van der Waals surface area (Å²) < 4.78 is 5.16. The minimum atomic E-state index is 0.134. The van der Waals surface area contributed by atoms with Crippen LogP contribution in [0.3, 0.4) is 0 Å². The monoisotopic (exact) mass is 332 g/mol.